The zero-order valence-electron chi connectivity index (χ0n) is 43.7. The molecule has 0 aromatic carbocycles. The molecule has 0 radical (unpaired) electrons. The minimum absolute atomic E-state index is 0.0636. The third kappa shape index (κ3) is 54.0. The van der Waals surface area contributed by atoms with E-state index in [1.165, 1.54) is 180 Å². The average Bonchev–Trinajstić information content (AvgIpc) is 3.32. The van der Waals surface area contributed by atoms with E-state index in [9.17, 15) is 14.7 Å². The fourth-order valence-corrected chi connectivity index (χ4v) is 8.27. The Morgan fingerprint density at radius 3 is 0.985 bits per heavy atom. The Hall–Kier alpha value is -2.66. The largest absolute Gasteiger partial charge is 0.462 e. The van der Waals surface area contributed by atoms with Crippen molar-refractivity contribution < 1.29 is 24.2 Å². The van der Waals surface area contributed by atoms with Gasteiger partial charge in [-0.25, -0.2) is 0 Å². The van der Waals surface area contributed by atoms with Gasteiger partial charge in [-0.3, -0.25) is 9.59 Å². The molecule has 0 amide bonds. The van der Waals surface area contributed by atoms with Crippen LogP contribution in [-0.4, -0.2) is 36.4 Å². The maximum absolute atomic E-state index is 12.3. The highest BCUT2D eigenvalue weighted by Crippen LogP contribution is 2.17. The normalized spacial score (nSPS) is 12.7. The van der Waals surface area contributed by atoms with Gasteiger partial charge in [0.25, 0.3) is 0 Å². The van der Waals surface area contributed by atoms with Gasteiger partial charge >= 0.3 is 11.9 Å². The molecule has 0 saturated heterocycles. The second-order valence-electron chi connectivity index (χ2n) is 19.0. The van der Waals surface area contributed by atoms with Crippen LogP contribution in [0.25, 0.3) is 0 Å². The third-order valence-electron chi connectivity index (χ3n) is 12.5. The molecule has 5 nitrogen and oxygen atoms in total. The fourth-order valence-electron chi connectivity index (χ4n) is 8.27. The number of aliphatic hydroxyl groups is 1. The summed E-state index contributed by atoms with van der Waals surface area (Å²) in [6.45, 7) is 4.06. The van der Waals surface area contributed by atoms with Gasteiger partial charge in [-0.2, -0.15) is 0 Å². The number of hydrogen-bond donors (Lipinski definition) is 1. The minimum atomic E-state index is -0.773. The molecule has 0 fully saturated rings. The average molecular weight is 922 g/mol. The van der Waals surface area contributed by atoms with Crippen molar-refractivity contribution in [2.75, 3.05) is 13.2 Å². The lowest BCUT2D eigenvalue weighted by molar-refractivity contribution is -0.161. The van der Waals surface area contributed by atoms with Gasteiger partial charge in [0.1, 0.15) is 6.61 Å². The molecule has 0 heterocycles. The second kappa shape index (κ2) is 56.7. The molecule has 0 rings (SSSR count). The first kappa shape index (κ1) is 63.3. The fraction of sp³-hybridized carbons (Fsp3) is 0.770. The highest BCUT2D eigenvalue weighted by molar-refractivity contribution is 5.70. The van der Waals surface area contributed by atoms with Crippen LogP contribution in [0.3, 0.4) is 0 Å². The molecule has 5 heteroatoms. The number of aliphatic hydroxyl groups excluding tert-OH is 1. The lowest BCUT2D eigenvalue weighted by Crippen LogP contribution is -2.28. The highest BCUT2D eigenvalue weighted by Gasteiger charge is 2.16. The predicted octanol–water partition coefficient (Wildman–Crippen LogP) is 19.2. The quantitative estimate of drug-likeness (QED) is 0.0374. The molecule has 0 aromatic rings. The number of allylic oxidation sites excluding steroid dienone is 12. The summed E-state index contributed by atoms with van der Waals surface area (Å²) in [5.74, 6) is -0.579. The molecule has 0 aliphatic carbocycles. The topological polar surface area (TPSA) is 72.8 Å². The standard InChI is InChI=1S/C61H108O5/c1-3-5-7-9-11-13-15-17-19-21-23-24-25-26-27-28-29-30-31-32-33-34-35-36-38-40-42-44-46-48-50-52-54-56-61(64)66-59(57-62)58-65-60(63)55-53-51-49-47-45-43-41-39-37-22-20-18-16-14-12-10-8-6-4-2/h5,7,11,13,17,19,23-24,26-27,29-30,59,62H,3-4,6,8-10,12,14-16,18,20-22,25,28,31-58H2,1-2H3/b7-5-,13-11-,19-17-,24-23-,27-26-,30-29-. The number of hydrogen-bond acceptors (Lipinski definition) is 5. The molecule has 382 valence electrons. The zero-order valence-corrected chi connectivity index (χ0v) is 43.7. The van der Waals surface area contributed by atoms with Crippen LogP contribution >= 0.6 is 0 Å². The van der Waals surface area contributed by atoms with E-state index in [0.29, 0.717) is 12.8 Å². The van der Waals surface area contributed by atoms with Crippen molar-refractivity contribution in [1.82, 2.24) is 0 Å². The van der Waals surface area contributed by atoms with Gasteiger partial charge in [0, 0.05) is 12.8 Å². The van der Waals surface area contributed by atoms with Crippen LogP contribution in [0.15, 0.2) is 72.9 Å². The van der Waals surface area contributed by atoms with Crippen molar-refractivity contribution in [2.45, 2.75) is 290 Å². The first-order chi connectivity index (χ1) is 32.6. The molecule has 0 bridgehead atoms. The van der Waals surface area contributed by atoms with Gasteiger partial charge in [-0.1, -0.05) is 279 Å². The van der Waals surface area contributed by atoms with Gasteiger partial charge in [0.05, 0.1) is 6.61 Å². The van der Waals surface area contributed by atoms with E-state index < -0.39 is 6.10 Å². The summed E-state index contributed by atoms with van der Waals surface area (Å²) in [7, 11) is 0. The molecule has 1 N–H and O–H groups in total. The Labute approximate surface area is 410 Å². The number of unbranched alkanes of at least 4 members (excludes halogenated alkanes) is 32. The van der Waals surface area contributed by atoms with Crippen molar-refractivity contribution in [3.8, 4) is 0 Å². The first-order valence-electron chi connectivity index (χ1n) is 28.5. The monoisotopic (exact) mass is 921 g/mol. The smallest absolute Gasteiger partial charge is 0.306 e. The maximum Gasteiger partial charge on any atom is 0.306 e. The summed E-state index contributed by atoms with van der Waals surface area (Å²) in [6.07, 6.45) is 77.3. The number of esters is 2. The van der Waals surface area contributed by atoms with Crippen LogP contribution < -0.4 is 0 Å². The molecule has 0 aliphatic heterocycles. The van der Waals surface area contributed by atoms with Crippen LogP contribution in [0.2, 0.25) is 0 Å². The summed E-state index contributed by atoms with van der Waals surface area (Å²) in [5, 5.41) is 9.65. The van der Waals surface area contributed by atoms with Crippen LogP contribution in [0, 0.1) is 0 Å². The summed E-state index contributed by atoms with van der Waals surface area (Å²) < 4.78 is 10.7. The summed E-state index contributed by atoms with van der Waals surface area (Å²) >= 11 is 0. The van der Waals surface area contributed by atoms with Crippen molar-refractivity contribution in [3.05, 3.63) is 72.9 Å². The lowest BCUT2D eigenvalue weighted by Gasteiger charge is -2.15. The SMILES string of the molecule is CC/C=C\C/C=C\C/C=C\C/C=C\C/C=C\C/C=C\CCCCCCCCCCCCCCCCC(=O)OC(CO)COC(=O)CCCCCCCCCCCCCCCCCCCCC. The zero-order chi connectivity index (χ0) is 47.7. The summed E-state index contributed by atoms with van der Waals surface area (Å²) in [6, 6.07) is 0. The molecule has 0 aromatic heterocycles. The number of carbonyl (C=O) groups is 2. The Kier molecular flexibility index (Phi) is 54.4. The van der Waals surface area contributed by atoms with Crippen LogP contribution in [0.4, 0.5) is 0 Å². The van der Waals surface area contributed by atoms with E-state index in [1.807, 2.05) is 0 Å². The number of carbonyl (C=O) groups excluding carboxylic acids is 2. The molecule has 66 heavy (non-hydrogen) atoms. The molecular formula is C61H108O5. The van der Waals surface area contributed by atoms with Crippen molar-refractivity contribution >= 4 is 11.9 Å². The van der Waals surface area contributed by atoms with Gasteiger partial charge in [-0.15, -0.1) is 0 Å². The van der Waals surface area contributed by atoms with Crippen molar-refractivity contribution in [2.24, 2.45) is 0 Å². The van der Waals surface area contributed by atoms with Crippen molar-refractivity contribution in [3.63, 3.8) is 0 Å². The molecule has 0 spiro atoms. The molecule has 1 unspecified atom stereocenters. The Bertz CT molecular complexity index is 1180. The van der Waals surface area contributed by atoms with E-state index in [2.05, 4.69) is 86.8 Å². The Balaban J connectivity index is 3.48. The number of ether oxygens (including phenoxy) is 2. The van der Waals surface area contributed by atoms with Crippen LogP contribution in [-0.2, 0) is 19.1 Å². The summed E-state index contributed by atoms with van der Waals surface area (Å²) in [4.78, 5) is 24.5. The van der Waals surface area contributed by atoms with Crippen LogP contribution in [0.1, 0.15) is 284 Å². The van der Waals surface area contributed by atoms with E-state index >= 15 is 0 Å². The predicted molar refractivity (Wildman–Crippen MR) is 288 cm³/mol. The molecular weight excluding hydrogens is 813 g/mol. The lowest BCUT2D eigenvalue weighted by atomic mass is 10.0. The van der Waals surface area contributed by atoms with Crippen molar-refractivity contribution in [1.29, 1.82) is 0 Å². The number of rotatable bonds is 52. The maximum atomic E-state index is 12.3. The third-order valence-corrected chi connectivity index (χ3v) is 12.5. The first-order valence-corrected chi connectivity index (χ1v) is 28.5. The van der Waals surface area contributed by atoms with E-state index in [0.717, 1.165) is 77.0 Å². The molecule has 1 atom stereocenters. The Morgan fingerprint density at radius 1 is 0.364 bits per heavy atom. The van der Waals surface area contributed by atoms with E-state index in [4.69, 9.17) is 9.47 Å². The van der Waals surface area contributed by atoms with E-state index in [1.54, 1.807) is 0 Å². The van der Waals surface area contributed by atoms with Crippen LogP contribution in [0.5, 0.6) is 0 Å². The van der Waals surface area contributed by atoms with Gasteiger partial charge < -0.3 is 14.6 Å². The molecule has 0 saturated carbocycles. The second-order valence-corrected chi connectivity index (χ2v) is 19.0. The highest BCUT2D eigenvalue weighted by atomic mass is 16.6. The van der Waals surface area contributed by atoms with Gasteiger partial charge in [0.2, 0.25) is 0 Å². The summed E-state index contributed by atoms with van der Waals surface area (Å²) in [5.41, 5.74) is 0. The Morgan fingerprint density at radius 2 is 0.652 bits per heavy atom. The van der Waals surface area contributed by atoms with Gasteiger partial charge in [0.15, 0.2) is 6.10 Å². The van der Waals surface area contributed by atoms with E-state index in [-0.39, 0.29) is 25.2 Å². The molecule has 0 aliphatic rings. The minimum Gasteiger partial charge on any atom is -0.462 e. The van der Waals surface area contributed by atoms with Gasteiger partial charge in [-0.05, 0) is 64.2 Å².